The third-order valence-corrected chi connectivity index (χ3v) is 2.62. The summed E-state index contributed by atoms with van der Waals surface area (Å²) in [6.45, 7) is 5.39. The summed E-state index contributed by atoms with van der Waals surface area (Å²) in [5, 5.41) is 3.34. The van der Waals surface area contributed by atoms with Crippen LogP contribution in [0.25, 0.3) is 0 Å². The molecule has 0 aromatic carbocycles. The minimum absolute atomic E-state index is 0.0640. The molecule has 0 saturated carbocycles. The predicted molar refractivity (Wildman–Crippen MR) is 56.9 cm³/mol. The van der Waals surface area contributed by atoms with Crippen LogP contribution < -0.4 is 5.32 Å². The van der Waals surface area contributed by atoms with Crippen LogP contribution in [0.5, 0.6) is 0 Å². The summed E-state index contributed by atoms with van der Waals surface area (Å²) >= 11 is 0. The van der Waals surface area contributed by atoms with Crippen molar-refractivity contribution in [2.24, 2.45) is 0 Å². The van der Waals surface area contributed by atoms with E-state index in [0.717, 1.165) is 19.6 Å². The summed E-state index contributed by atoms with van der Waals surface area (Å²) in [6, 6.07) is 3.92. The summed E-state index contributed by atoms with van der Waals surface area (Å²) in [5.41, 5.74) is 0. The Bertz CT molecular complexity index is 321. The zero-order chi connectivity index (χ0) is 10.7. The lowest BCUT2D eigenvalue weighted by Gasteiger charge is -2.30. The number of carbonyl (C=O) groups excluding carboxylic acids is 1. The molecule has 2 rings (SSSR count). The number of Topliss-reactive ketones (excluding diaryl/α,β-unsaturated/α-hetero) is 1. The van der Waals surface area contributed by atoms with E-state index < -0.39 is 0 Å². The molecule has 1 saturated heterocycles. The van der Waals surface area contributed by atoms with Gasteiger partial charge in [-0.2, -0.15) is 0 Å². The summed E-state index contributed by atoms with van der Waals surface area (Å²) in [6.07, 6.45) is 1.54. The van der Waals surface area contributed by atoms with E-state index in [0.29, 0.717) is 18.3 Å². The van der Waals surface area contributed by atoms with Crippen LogP contribution in [0.3, 0.4) is 0 Å². The van der Waals surface area contributed by atoms with Crippen LogP contribution in [0.4, 0.5) is 0 Å². The molecular weight excluding hydrogens is 192 g/mol. The van der Waals surface area contributed by atoms with Gasteiger partial charge in [0.25, 0.3) is 0 Å². The quantitative estimate of drug-likeness (QED) is 0.745. The van der Waals surface area contributed by atoms with Crippen LogP contribution in [0.1, 0.15) is 17.5 Å². The second-order valence-corrected chi connectivity index (χ2v) is 3.99. The molecule has 0 radical (unpaired) electrons. The molecule has 4 heteroatoms. The highest BCUT2D eigenvalue weighted by molar-refractivity contribution is 5.94. The standard InChI is InChI=1S/C11H16N2O2/c1-9-7-13(5-4-12-9)8-10(14)11-3-2-6-15-11/h2-3,6,9,12H,4-5,7-8H2,1H3/t9-/m0/s1. The average Bonchev–Trinajstić information content (AvgIpc) is 2.70. The molecule has 1 aromatic heterocycles. The maximum Gasteiger partial charge on any atom is 0.211 e. The maximum atomic E-state index is 11.7. The Kier molecular flexibility index (Phi) is 3.18. The monoisotopic (exact) mass is 208 g/mol. The predicted octanol–water partition coefficient (Wildman–Crippen LogP) is 0.756. The third kappa shape index (κ3) is 2.67. The van der Waals surface area contributed by atoms with Crippen LogP contribution in [-0.2, 0) is 0 Å². The molecule has 1 N–H and O–H groups in total. The molecule has 0 amide bonds. The summed E-state index contributed by atoms with van der Waals surface area (Å²) in [5.74, 6) is 0.523. The highest BCUT2D eigenvalue weighted by Gasteiger charge is 2.19. The van der Waals surface area contributed by atoms with Crippen molar-refractivity contribution in [3.05, 3.63) is 24.2 Å². The lowest BCUT2D eigenvalue weighted by molar-refractivity contribution is 0.0881. The molecule has 1 aromatic rings. The van der Waals surface area contributed by atoms with E-state index >= 15 is 0 Å². The zero-order valence-electron chi connectivity index (χ0n) is 8.90. The largest absolute Gasteiger partial charge is 0.461 e. The van der Waals surface area contributed by atoms with Crippen molar-refractivity contribution < 1.29 is 9.21 Å². The molecular formula is C11H16N2O2. The van der Waals surface area contributed by atoms with Gasteiger partial charge in [0.2, 0.25) is 5.78 Å². The smallest absolute Gasteiger partial charge is 0.211 e. The van der Waals surface area contributed by atoms with Gasteiger partial charge in [-0.15, -0.1) is 0 Å². The molecule has 2 heterocycles. The Balaban J connectivity index is 1.89. The van der Waals surface area contributed by atoms with Gasteiger partial charge in [-0.1, -0.05) is 0 Å². The second-order valence-electron chi connectivity index (χ2n) is 3.99. The number of hydrogen-bond acceptors (Lipinski definition) is 4. The Labute approximate surface area is 89.2 Å². The summed E-state index contributed by atoms with van der Waals surface area (Å²) in [4.78, 5) is 13.9. The van der Waals surface area contributed by atoms with Gasteiger partial charge in [-0.05, 0) is 19.1 Å². The number of piperazine rings is 1. The number of hydrogen-bond donors (Lipinski definition) is 1. The van der Waals surface area contributed by atoms with Crippen molar-refractivity contribution >= 4 is 5.78 Å². The van der Waals surface area contributed by atoms with Crippen molar-refractivity contribution in [3.63, 3.8) is 0 Å². The first-order chi connectivity index (χ1) is 7.25. The van der Waals surface area contributed by atoms with Gasteiger partial charge in [0.1, 0.15) is 0 Å². The molecule has 0 aliphatic carbocycles. The highest BCUT2D eigenvalue weighted by Crippen LogP contribution is 2.05. The SMILES string of the molecule is C[C@H]1CN(CC(=O)c2ccco2)CCN1. The first-order valence-corrected chi connectivity index (χ1v) is 5.28. The molecule has 82 valence electrons. The second kappa shape index (κ2) is 4.59. The topological polar surface area (TPSA) is 45.5 Å². The number of ketones is 1. The van der Waals surface area contributed by atoms with E-state index in [4.69, 9.17) is 4.42 Å². The first-order valence-electron chi connectivity index (χ1n) is 5.28. The number of nitrogens with one attached hydrogen (secondary N) is 1. The zero-order valence-corrected chi connectivity index (χ0v) is 8.90. The molecule has 0 bridgehead atoms. The van der Waals surface area contributed by atoms with Crippen LogP contribution in [0.15, 0.2) is 22.8 Å². The van der Waals surface area contributed by atoms with Crippen LogP contribution >= 0.6 is 0 Å². The van der Waals surface area contributed by atoms with Crippen molar-refractivity contribution in [2.75, 3.05) is 26.2 Å². The average molecular weight is 208 g/mol. The number of furan rings is 1. The van der Waals surface area contributed by atoms with Crippen LogP contribution in [0.2, 0.25) is 0 Å². The van der Waals surface area contributed by atoms with E-state index in [1.165, 1.54) is 6.26 Å². The highest BCUT2D eigenvalue weighted by atomic mass is 16.3. The fourth-order valence-corrected chi connectivity index (χ4v) is 1.87. The molecule has 0 spiro atoms. The van der Waals surface area contributed by atoms with E-state index in [2.05, 4.69) is 17.1 Å². The van der Waals surface area contributed by atoms with E-state index in [9.17, 15) is 4.79 Å². The Hall–Kier alpha value is -1.13. The fraction of sp³-hybridized carbons (Fsp3) is 0.545. The summed E-state index contributed by atoms with van der Waals surface area (Å²) < 4.78 is 5.07. The molecule has 0 unspecified atom stereocenters. The maximum absolute atomic E-state index is 11.7. The van der Waals surface area contributed by atoms with Gasteiger partial charge < -0.3 is 9.73 Å². The first kappa shape index (κ1) is 10.4. The third-order valence-electron chi connectivity index (χ3n) is 2.62. The fourth-order valence-electron chi connectivity index (χ4n) is 1.87. The molecule has 1 atom stereocenters. The lowest BCUT2D eigenvalue weighted by atomic mass is 10.2. The minimum atomic E-state index is 0.0640. The van der Waals surface area contributed by atoms with E-state index in [1.807, 2.05) is 0 Å². The lowest BCUT2D eigenvalue weighted by Crippen LogP contribution is -2.50. The number of nitrogens with zero attached hydrogens (tertiary/aromatic N) is 1. The molecule has 1 aliphatic heterocycles. The van der Waals surface area contributed by atoms with Crippen LogP contribution in [-0.4, -0.2) is 42.9 Å². The summed E-state index contributed by atoms with van der Waals surface area (Å²) in [7, 11) is 0. The molecule has 4 nitrogen and oxygen atoms in total. The van der Waals surface area contributed by atoms with Gasteiger partial charge in [0, 0.05) is 25.7 Å². The van der Waals surface area contributed by atoms with E-state index in [-0.39, 0.29) is 5.78 Å². The molecule has 15 heavy (non-hydrogen) atoms. The van der Waals surface area contributed by atoms with Crippen LogP contribution in [0, 0.1) is 0 Å². The van der Waals surface area contributed by atoms with Crippen molar-refractivity contribution in [2.45, 2.75) is 13.0 Å². The Morgan fingerprint density at radius 1 is 1.73 bits per heavy atom. The van der Waals surface area contributed by atoms with Crippen molar-refractivity contribution in [1.82, 2.24) is 10.2 Å². The minimum Gasteiger partial charge on any atom is -0.461 e. The van der Waals surface area contributed by atoms with Gasteiger partial charge in [0.15, 0.2) is 5.76 Å². The normalized spacial score (nSPS) is 22.9. The Morgan fingerprint density at radius 2 is 2.60 bits per heavy atom. The Morgan fingerprint density at radius 3 is 3.27 bits per heavy atom. The van der Waals surface area contributed by atoms with E-state index in [1.54, 1.807) is 12.1 Å². The molecule has 1 aliphatic rings. The van der Waals surface area contributed by atoms with Gasteiger partial charge >= 0.3 is 0 Å². The van der Waals surface area contributed by atoms with Crippen molar-refractivity contribution in [1.29, 1.82) is 0 Å². The molecule has 1 fully saturated rings. The van der Waals surface area contributed by atoms with Gasteiger partial charge in [0.05, 0.1) is 12.8 Å². The van der Waals surface area contributed by atoms with Gasteiger partial charge in [-0.25, -0.2) is 0 Å². The number of rotatable bonds is 3. The van der Waals surface area contributed by atoms with Gasteiger partial charge in [-0.3, -0.25) is 9.69 Å². The number of carbonyl (C=O) groups is 1. The van der Waals surface area contributed by atoms with Crippen molar-refractivity contribution in [3.8, 4) is 0 Å².